The van der Waals surface area contributed by atoms with Crippen LogP contribution in [-0.4, -0.2) is 23.9 Å². The molecule has 3 fully saturated rings. The standard InChI is InChI=1S/C43H73NO3/c1-31(2)12-9-13-32(3)39-22-23-40-38-21-20-34-30-33(24-27-42(34,4)41(38)25-28-43(39,40)5)14-7-6-8-15-35(45)16-10-17-36(46)18-11-19-37(47)26-29-44/h20,31-33,38-41H,6-19,21-30,44H2,1-5H3/t32-,33+,38+,39?,40?,41?,42?,43?/m1/s1. The molecule has 0 bridgehead atoms. The molecule has 0 spiro atoms. The van der Waals surface area contributed by atoms with Gasteiger partial charge in [0.05, 0.1) is 0 Å². The lowest BCUT2D eigenvalue weighted by molar-refractivity contribution is -0.120. The van der Waals surface area contributed by atoms with Crippen LogP contribution in [-0.2, 0) is 14.4 Å². The molecule has 0 aromatic heterocycles. The van der Waals surface area contributed by atoms with Gasteiger partial charge in [-0.2, -0.15) is 0 Å². The number of rotatable bonds is 21. The van der Waals surface area contributed by atoms with Crippen LogP contribution in [0.5, 0.6) is 0 Å². The highest BCUT2D eigenvalue weighted by atomic mass is 16.1. The van der Waals surface area contributed by atoms with Gasteiger partial charge in [0.15, 0.2) is 0 Å². The maximum atomic E-state index is 12.4. The second-order valence-electron chi connectivity index (χ2n) is 17.9. The molecule has 0 aromatic carbocycles. The summed E-state index contributed by atoms with van der Waals surface area (Å²) < 4.78 is 0. The first-order chi connectivity index (χ1) is 22.5. The third-order valence-corrected chi connectivity index (χ3v) is 14.2. The Kier molecular flexibility index (Phi) is 14.8. The van der Waals surface area contributed by atoms with E-state index in [1.807, 2.05) is 5.57 Å². The van der Waals surface area contributed by atoms with Gasteiger partial charge in [-0.05, 0) is 129 Å². The number of hydrogen-bond acceptors (Lipinski definition) is 4. The highest BCUT2D eigenvalue weighted by molar-refractivity contribution is 5.82. The van der Waals surface area contributed by atoms with Crippen molar-refractivity contribution in [3.63, 3.8) is 0 Å². The van der Waals surface area contributed by atoms with Crippen LogP contribution in [0.4, 0.5) is 0 Å². The van der Waals surface area contributed by atoms with E-state index in [1.165, 1.54) is 83.5 Å². The average Bonchev–Trinajstić information content (AvgIpc) is 3.38. The van der Waals surface area contributed by atoms with Gasteiger partial charge in [0.2, 0.25) is 0 Å². The van der Waals surface area contributed by atoms with E-state index < -0.39 is 0 Å². The fraction of sp³-hybridized carbons (Fsp3) is 0.884. The SMILES string of the molecule is CC(C)CCC[C@@H](C)C1CCC2[C@@H]3CC=C4C[C@@H](CCCCCC(=O)CCCC(=O)CCCC(=O)CCN)CCC4(C)C3CCC21C. The maximum Gasteiger partial charge on any atom is 0.134 e. The number of ketones is 3. The third kappa shape index (κ3) is 10.1. The highest BCUT2D eigenvalue weighted by Gasteiger charge is 2.59. The Hall–Kier alpha value is -1.29. The van der Waals surface area contributed by atoms with Crippen LogP contribution >= 0.6 is 0 Å². The Labute approximate surface area is 289 Å². The van der Waals surface area contributed by atoms with Gasteiger partial charge in [-0.1, -0.05) is 84.8 Å². The quantitative estimate of drug-likeness (QED) is 0.0989. The molecule has 0 saturated heterocycles. The Bertz CT molecular complexity index is 1060. The summed E-state index contributed by atoms with van der Waals surface area (Å²) in [7, 11) is 0. The van der Waals surface area contributed by atoms with Crippen LogP contribution < -0.4 is 5.73 Å². The molecule has 4 aliphatic rings. The monoisotopic (exact) mass is 652 g/mol. The van der Waals surface area contributed by atoms with E-state index in [0.29, 0.717) is 74.5 Å². The Balaban J connectivity index is 1.13. The Morgan fingerprint density at radius 3 is 2.06 bits per heavy atom. The molecule has 4 nitrogen and oxygen atoms in total. The molecule has 2 N–H and O–H groups in total. The summed E-state index contributed by atoms with van der Waals surface area (Å²) in [6.07, 6.45) is 27.3. The zero-order chi connectivity index (χ0) is 34.0. The predicted molar refractivity (Wildman–Crippen MR) is 196 cm³/mol. The Morgan fingerprint density at radius 2 is 1.40 bits per heavy atom. The molecular formula is C43H73NO3. The van der Waals surface area contributed by atoms with Crippen molar-refractivity contribution in [2.24, 2.45) is 58.0 Å². The van der Waals surface area contributed by atoms with Crippen LogP contribution in [0, 0.1) is 52.3 Å². The Morgan fingerprint density at radius 1 is 0.745 bits per heavy atom. The molecule has 0 heterocycles. The lowest BCUT2D eigenvalue weighted by Gasteiger charge is -2.58. The zero-order valence-electron chi connectivity index (χ0n) is 31.4. The van der Waals surface area contributed by atoms with E-state index >= 15 is 0 Å². The van der Waals surface area contributed by atoms with Crippen molar-refractivity contribution >= 4 is 17.3 Å². The number of unbranched alkanes of at least 4 members (excludes halogenated alkanes) is 2. The normalized spacial score (nSPS) is 32.3. The minimum absolute atomic E-state index is 0.142. The molecule has 0 aliphatic heterocycles. The van der Waals surface area contributed by atoms with Crippen LogP contribution in [0.15, 0.2) is 11.6 Å². The van der Waals surface area contributed by atoms with Crippen molar-refractivity contribution in [2.75, 3.05) is 6.54 Å². The number of carbonyl (C=O) groups is 3. The van der Waals surface area contributed by atoms with Crippen molar-refractivity contribution in [1.29, 1.82) is 0 Å². The zero-order valence-corrected chi connectivity index (χ0v) is 31.4. The average molecular weight is 652 g/mol. The molecule has 4 rings (SSSR count). The smallest absolute Gasteiger partial charge is 0.134 e. The number of carbonyl (C=O) groups excluding carboxylic acids is 3. The first-order valence-electron chi connectivity index (χ1n) is 20.4. The van der Waals surface area contributed by atoms with Crippen molar-refractivity contribution in [1.82, 2.24) is 0 Å². The number of Topliss-reactive ketones (excluding diaryl/α,β-unsaturated/α-hetero) is 3. The molecule has 0 amide bonds. The van der Waals surface area contributed by atoms with Gasteiger partial charge in [0.25, 0.3) is 0 Å². The number of hydrogen-bond donors (Lipinski definition) is 1. The van der Waals surface area contributed by atoms with E-state index in [9.17, 15) is 14.4 Å². The minimum atomic E-state index is 0.142. The van der Waals surface area contributed by atoms with E-state index in [2.05, 4.69) is 40.7 Å². The summed E-state index contributed by atoms with van der Waals surface area (Å²) in [5.74, 6) is 6.88. The summed E-state index contributed by atoms with van der Waals surface area (Å²) in [5, 5.41) is 0. The second kappa shape index (κ2) is 18.1. The van der Waals surface area contributed by atoms with Gasteiger partial charge in [0.1, 0.15) is 17.3 Å². The van der Waals surface area contributed by atoms with Crippen molar-refractivity contribution in [3.05, 3.63) is 11.6 Å². The van der Waals surface area contributed by atoms with Crippen molar-refractivity contribution < 1.29 is 14.4 Å². The van der Waals surface area contributed by atoms with Crippen molar-refractivity contribution in [3.8, 4) is 0 Å². The molecule has 268 valence electrons. The molecule has 8 atom stereocenters. The van der Waals surface area contributed by atoms with Crippen molar-refractivity contribution in [2.45, 2.75) is 182 Å². The van der Waals surface area contributed by atoms with Gasteiger partial charge < -0.3 is 5.73 Å². The fourth-order valence-electron chi connectivity index (χ4n) is 11.4. The number of nitrogens with two attached hydrogens (primary N) is 1. The molecule has 47 heavy (non-hydrogen) atoms. The van der Waals surface area contributed by atoms with Crippen LogP contribution in [0.2, 0.25) is 0 Å². The van der Waals surface area contributed by atoms with E-state index in [4.69, 9.17) is 5.73 Å². The largest absolute Gasteiger partial charge is 0.330 e. The predicted octanol–water partition coefficient (Wildman–Crippen LogP) is 11.0. The summed E-state index contributed by atoms with van der Waals surface area (Å²) in [5.41, 5.74) is 8.24. The summed E-state index contributed by atoms with van der Waals surface area (Å²) in [4.78, 5) is 36.0. The van der Waals surface area contributed by atoms with Gasteiger partial charge in [-0.3, -0.25) is 14.4 Å². The maximum absolute atomic E-state index is 12.4. The first-order valence-corrected chi connectivity index (χ1v) is 20.4. The third-order valence-electron chi connectivity index (χ3n) is 14.2. The van der Waals surface area contributed by atoms with Gasteiger partial charge >= 0.3 is 0 Å². The topological polar surface area (TPSA) is 77.2 Å². The molecule has 5 unspecified atom stereocenters. The molecule has 3 saturated carbocycles. The number of fused-ring (bicyclic) bond motifs is 5. The first kappa shape index (κ1) is 38.5. The molecular weight excluding hydrogens is 578 g/mol. The van der Waals surface area contributed by atoms with Crippen LogP contribution in [0.25, 0.3) is 0 Å². The highest BCUT2D eigenvalue weighted by Crippen LogP contribution is 2.67. The minimum Gasteiger partial charge on any atom is -0.330 e. The van der Waals surface area contributed by atoms with E-state index in [-0.39, 0.29) is 11.6 Å². The fourth-order valence-corrected chi connectivity index (χ4v) is 11.4. The summed E-state index contributed by atoms with van der Waals surface area (Å²) in [6, 6.07) is 0. The molecule has 4 aliphatic carbocycles. The van der Waals surface area contributed by atoms with Gasteiger partial charge in [-0.25, -0.2) is 0 Å². The molecule has 4 heteroatoms. The van der Waals surface area contributed by atoms with Crippen LogP contribution in [0.3, 0.4) is 0 Å². The lowest BCUT2D eigenvalue weighted by Crippen LogP contribution is -2.50. The van der Waals surface area contributed by atoms with E-state index in [1.54, 1.807) is 0 Å². The van der Waals surface area contributed by atoms with Crippen LogP contribution in [0.1, 0.15) is 182 Å². The van der Waals surface area contributed by atoms with Gasteiger partial charge in [-0.15, -0.1) is 0 Å². The lowest BCUT2D eigenvalue weighted by atomic mass is 9.46. The summed E-state index contributed by atoms with van der Waals surface area (Å²) in [6.45, 7) is 13.1. The second-order valence-corrected chi connectivity index (χ2v) is 17.9. The van der Waals surface area contributed by atoms with Gasteiger partial charge in [0, 0.05) is 38.5 Å². The molecule has 0 radical (unpaired) electrons. The molecule has 0 aromatic rings. The van der Waals surface area contributed by atoms with E-state index in [0.717, 1.165) is 54.3 Å². The summed E-state index contributed by atoms with van der Waals surface area (Å²) >= 11 is 0. The number of allylic oxidation sites excluding steroid dienone is 2.